The summed E-state index contributed by atoms with van der Waals surface area (Å²) in [7, 11) is 2.20. The lowest BCUT2D eigenvalue weighted by atomic mass is 9.80. The van der Waals surface area contributed by atoms with Crippen LogP contribution in [0.4, 0.5) is 5.69 Å². The fourth-order valence-corrected chi connectivity index (χ4v) is 3.76. The van der Waals surface area contributed by atoms with Gasteiger partial charge < -0.3 is 9.88 Å². The van der Waals surface area contributed by atoms with Gasteiger partial charge in [-0.3, -0.25) is 0 Å². The number of rotatable bonds is 0. The van der Waals surface area contributed by atoms with E-state index in [2.05, 4.69) is 67.2 Å². The van der Waals surface area contributed by atoms with Gasteiger partial charge in [-0.15, -0.1) is 0 Å². The van der Waals surface area contributed by atoms with E-state index < -0.39 is 0 Å². The third-order valence-electron chi connectivity index (χ3n) is 4.50. The molecule has 1 aromatic heterocycles. The van der Waals surface area contributed by atoms with Crippen molar-refractivity contribution in [2.45, 2.75) is 20.3 Å². The number of anilines is 1. The van der Waals surface area contributed by atoms with Crippen molar-refractivity contribution in [3.8, 4) is 0 Å². The third kappa shape index (κ3) is 1.57. The number of benzene rings is 2. The quantitative estimate of drug-likeness (QED) is 0.640. The lowest BCUT2D eigenvalue weighted by Crippen LogP contribution is -2.37. The SMILES string of the molecule is CN1CC(C)(C)Cc2c1ccc1c2[nH]c2ccccc21. The first-order chi connectivity index (χ1) is 9.55. The molecule has 0 saturated heterocycles. The van der Waals surface area contributed by atoms with Crippen LogP contribution < -0.4 is 4.90 Å². The van der Waals surface area contributed by atoms with E-state index in [4.69, 9.17) is 0 Å². The molecule has 0 unspecified atom stereocenters. The summed E-state index contributed by atoms with van der Waals surface area (Å²) in [5, 5.41) is 2.68. The number of aromatic nitrogens is 1. The van der Waals surface area contributed by atoms with Crippen LogP contribution in [0.3, 0.4) is 0 Å². The van der Waals surface area contributed by atoms with Crippen LogP contribution in [0.5, 0.6) is 0 Å². The first-order valence-electron chi connectivity index (χ1n) is 7.29. The molecule has 0 saturated carbocycles. The highest BCUT2D eigenvalue weighted by atomic mass is 15.1. The monoisotopic (exact) mass is 264 g/mol. The zero-order valence-electron chi connectivity index (χ0n) is 12.3. The number of hydrogen-bond donors (Lipinski definition) is 1. The molecule has 102 valence electrons. The van der Waals surface area contributed by atoms with Gasteiger partial charge in [-0.2, -0.15) is 0 Å². The zero-order chi connectivity index (χ0) is 13.9. The maximum atomic E-state index is 3.64. The zero-order valence-corrected chi connectivity index (χ0v) is 12.3. The predicted octanol–water partition coefficient (Wildman–Crippen LogP) is 4.34. The van der Waals surface area contributed by atoms with Crippen molar-refractivity contribution in [1.82, 2.24) is 4.98 Å². The maximum Gasteiger partial charge on any atom is 0.0518 e. The van der Waals surface area contributed by atoms with Crippen LogP contribution >= 0.6 is 0 Å². The molecule has 2 heteroatoms. The summed E-state index contributed by atoms with van der Waals surface area (Å²) in [6.45, 7) is 5.83. The summed E-state index contributed by atoms with van der Waals surface area (Å²) in [5.41, 5.74) is 5.74. The Bertz CT molecular complexity index is 811. The Kier molecular flexibility index (Phi) is 2.24. The van der Waals surface area contributed by atoms with Gasteiger partial charge in [0.05, 0.1) is 5.52 Å². The van der Waals surface area contributed by atoms with Gasteiger partial charge in [0.15, 0.2) is 0 Å². The highest BCUT2D eigenvalue weighted by Crippen LogP contribution is 2.40. The van der Waals surface area contributed by atoms with Crippen molar-refractivity contribution in [1.29, 1.82) is 0 Å². The molecule has 2 nitrogen and oxygen atoms in total. The fraction of sp³-hybridized carbons (Fsp3) is 0.333. The second kappa shape index (κ2) is 3.78. The minimum atomic E-state index is 0.327. The molecule has 1 N–H and O–H groups in total. The largest absolute Gasteiger partial charge is 0.374 e. The molecule has 0 radical (unpaired) electrons. The predicted molar refractivity (Wildman–Crippen MR) is 86.6 cm³/mol. The average Bonchev–Trinajstić information content (AvgIpc) is 2.76. The lowest BCUT2D eigenvalue weighted by Gasteiger charge is -2.38. The first-order valence-corrected chi connectivity index (χ1v) is 7.29. The minimum Gasteiger partial charge on any atom is -0.374 e. The van der Waals surface area contributed by atoms with Gasteiger partial charge in [0, 0.05) is 41.1 Å². The highest BCUT2D eigenvalue weighted by molar-refractivity contribution is 6.09. The topological polar surface area (TPSA) is 19.0 Å². The van der Waals surface area contributed by atoms with Crippen molar-refractivity contribution in [3.63, 3.8) is 0 Å². The number of hydrogen-bond acceptors (Lipinski definition) is 1. The number of aromatic amines is 1. The summed E-state index contributed by atoms with van der Waals surface area (Å²) in [4.78, 5) is 6.03. The van der Waals surface area contributed by atoms with Crippen molar-refractivity contribution in [2.75, 3.05) is 18.5 Å². The Hall–Kier alpha value is -1.96. The van der Waals surface area contributed by atoms with Gasteiger partial charge in [-0.25, -0.2) is 0 Å². The molecule has 20 heavy (non-hydrogen) atoms. The lowest BCUT2D eigenvalue weighted by molar-refractivity contribution is 0.357. The minimum absolute atomic E-state index is 0.327. The van der Waals surface area contributed by atoms with Gasteiger partial charge in [0.25, 0.3) is 0 Å². The van der Waals surface area contributed by atoms with E-state index >= 15 is 0 Å². The Morgan fingerprint density at radius 1 is 1.05 bits per heavy atom. The Morgan fingerprint density at radius 3 is 2.70 bits per heavy atom. The van der Waals surface area contributed by atoms with Crippen LogP contribution in [-0.4, -0.2) is 18.6 Å². The molecule has 1 aliphatic rings. The van der Waals surface area contributed by atoms with Crippen LogP contribution in [0.2, 0.25) is 0 Å². The molecule has 0 amide bonds. The molecule has 0 bridgehead atoms. The molecule has 2 aromatic carbocycles. The Labute approximate surface area is 119 Å². The molecule has 0 spiro atoms. The van der Waals surface area contributed by atoms with Crippen LogP contribution in [0.15, 0.2) is 36.4 Å². The van der Waals surface area contributed by atoms with E-state index in [9.17, 15) is 0 Å². The summed E-state index contributed by atoms with van der Waals surface area (Å²) in [5.74, 6) is 0. The molecule has 0 fully saturated rings. The van der Waals surface area contributed by atoms with Crippen LogP contribution in [0, 0.1) is 5.41 Å². The van der Waals surface area contributed by atoms with Crippen molar-refractivity contribution in [3.05, 3.63) is 42.0 Å². The highest BCUT2D eigenvalue weighted by Gasteiger charge is 2.30. The second-order valence-electron chi connectivity index (χ2n) is 6.85. The van der Waals surface area contributed by atoms with Crippen LogP contribution in [0.25, 0.3) is 21.8 Å². The van der Waals surface area contributed by atoms with E-state index in [-0.39, 0.29) is 0 Å². The standard InChI is InChI=1S/C18H20N2/c1-18(2)10-14-16(20(3)11-18)9-8-13-12-6-4-5-7-15(12)19-17(13)14/h4-9,19H,10-11H2,1-3H3. The van der Waals surface area contributed by atoms with E-state index in [1.165, 1.54) is 33.1 Å². The van der Waals surface area contributed by atoms with Gasteiger partial charge >= 0.3 is 0 Å². The van der Waals surface area contributed by atoms with Gasteiger partial charge in [0.2, 0.25) is 0 Å². The van der Waals surface area contributed by atoms with Crippen molar-refractivity contribution < 1.29 is 0 Å². The summed E-state index contributed by atoms with van der Waals surface area (Å²) < 4.78 is 0. The number of H-pyrrole nitrogens is 1. The average molecular weight is 264 g/mol. The van der Waals surface area contributed by atoms with Crippen LogP contribution in [-0.2, 0) is 6.42 Å². The van der Waals surface area contributed by atoms with Gasteiger partial charge in [-0.1, -0.05) is 38.1 Å². The maximum absolute atomic E-state index is 3.64. The fourth-order valence-electron chi connectivity index (χ4n) is 3.76. The van der Waals surface area contributed by atoms with Crippen molar-refractivity contribution >= 4 is 27.5 Å². The Balaban J connectivity index is 2.08. The number of nitrogens with one attached hydrogen (secondary N) is 1. The van der Waals surface area contributed by atoms with Crippen molar-refractivity contribution in [2.24, 2.45) is 5.41 Å². The number of para-hydroxylation sites is 1. The molecular weight excluding hydrogens is 244 g/mol. The summed E-state index contributed by atoms with van der Waals surface area (Å²) >= 11 is 0. The molecule has 3 aromatic rings. The molecule has 2 heterocycles. The normalized spacial score (nSPS) is 17.6. The summed E-state index contributed by atoms with van der Waals surface area (Å²) in [6, 6.07) is 13.1. The van der Waals surface area contributed by atoms with Gasteiger partial charge in [-0.05, 0) is 24.0 Å². The van der Waals surface area contributed by atoms with E-state index in [1.807, 2.05) is 0 Å². The van der Waals surface area contributed by atoms with Gasteiger partial charge in [0.1, 0.15) is 0 Å². The summed E-state index contributed by atoms with van der Waals surface area (Å²) in [6.07, 6.45) is 1.14. The molecule has 4 rings (SSSR count). The second-order valence-corrected chi connectivity index (χ2v) is 6.85. The molecule has 1 aliphatic heterocycles. The van der Waals surface area contributed by atoms with E-state index in [1.54, 1.807) is 0 Å². The third-order valence-corrected chi connectivity index (χ3v) is 4.50. The van der Waals surface area contributed by atoms with E-state index in [0.29, 0.717) is 5.41 Å². The smallest absolute Gasteiger partial charge is 0.0518 e. The van der Waals surface area contributed by atoms with E-state index in [0.717, 1.165) is 13.0 Å². The number of fused-ring (bicyclic) bond motifs is 5. The molecular formula is C18H20N2. The number of nitrogens with zero attached hydrogens (tertiary/aromatic N) is 1. The first kappa shape index (κ1) is 11.8. The molecule has 0 aliphatic carbocycles. The Morgan fingerprint density at radius 2 is 1.85 bits per heavy atom. The molecule has 0 atom stereocenters. The van der Waals surface area contributed by atoms with Crippen LogP contribution in [0.1, 0.15) is 19.4 Å².